The lowest BCUT2D eigenvalue weighted by molar-refractivity contribution is -0.0241. The van der Waals surface area contributed by atoms with Gasteiger partial charge in [-0.05, 0) is 40.0 Å². The van der Waals surface area contributed by atoms with Crippen molar-refractivity contribution in [2.75, 3.05) is 23.4 Å². The minimum absolute atomic E-state index is 0.127. The fourth-order valence-electron chi connectivity index (χ4n) is 3.07. The van der Waals surface area contributed by atoms with E-state index in [-0.39, 0.29) is 18.2 Å². The predicted octanol–water partition coefficient (Wildman–Crippen LogP) is 2.74. The Morgan fingerprint density at radius 3 is 2.93 bits per heavy atom. The topological polar surface area (TPSA) is 96.5 Å². The van der Waals surface area contributed by atoms with Gasteiger partial charge in [-0.25, -0.2) is 9.97 Å². The second-order valence-corrected chi connectivity index (χ2v) is 7.83. The van der Waals surface area contributed by atoms with E-state index >= 15 is 0 Å². The number of hydrogen-bond acceptors (Lipinski definition) is 8. The quantitative estimate of drug-likeness (QED) is 0.762. The molecule has 1 unspecified atom stereocenters. The molecule has 27 heavy (non-hydrogen) atoms. The molecule has 2 aromatic rings. The van der Waals surface area contributed by atoms with Crippen molar-refractivity contribution in [3.63, 3.8) is 0 Å². The Morgan fingerprint density at radius 2 is 2.15 bits per heavy atom. The van der Waals surface area contributed by atoms with Crippen LogP contribution in [0.2, 0.25) is 0 Å². The zero-order valence-corrected chi connectivity index (χ0v) is 16.3. The van der Waals surface area contributed by atoms with Crippen LogP contribution in [-0.4, -0.2) is 45.0 Å². The van der Waals surface area contributed by atoms with E-state index in [1.807, 2.05) is 32.9 Å². The number of aliphatic hydroxyl groups is 1. The van der Waals surface area contributed by atoms with Crippen LogP contribution in [0, 0.1) is 0 Å². The second-order valence-electron chi connectivity index (χ2n) is 7.83. The Kier molecular flexibility index (Phi) is 6.28. The molecule has 0 bridgehead atoms. The molecule has 2 N–H and O–H groups in total. The van der Waals surface area contributed by atoms with Crippen LogP contribution in [0.4, 0.5) is 11.6 Å². The van der Waals surface area contributed by atoms with E-state index in [2.05, 4.69) is 25.3 Å². The molecule has 0 saturated carbocycles. The lowest BCUT2D eigenvalue weighted by atomic mass is 10.0. The third kappa shape index (κ3) is 5.64. The van der Waals surface area contributed by atoms with E-state index in [1.54, 1.807) is 6.33 Å². The molecule has 1 aliphatic heterocycles. The maximum Gasteiger partial charge on any atom is 0.162 e. The smallest absolute Gasteiger partial charge is 0.162 e. The first kappa shape index (κ1) is 19.6. The molecule has 3 rings (SSSR count). The number of nitrogens with zero attached hydrogens (tertiary/aromatic N) is 4. The summed E-state index contributed by atoms with van der Waals surface area (Å²) in [5.41, 5.74) is 0.567. The first-order chi connectivity index (χ1) is 12.9. The first-order valence-corrected chi connectivity index (χ1v) is 9.46. The Hall–Kier alpha value is -2.19. The molecule has 0 aromatic carbocycles. The summed E-state index contributed by atoms with van der Waals surface area (Å²) in [6, 6.07) is 3.92. The van der Waals surface area contributed by atoms with E-state index in [0.29, 0.717) is 18.9 Å². The zero-order chi connectivity index (χ0) is 19.3. The van der Waals surface area contributed by atoms with Gasteiger partial charge in [0.05, 0.1) is 24.8 Å². The summed E-state index contributed by atoms with van der Waals surface area (Å²) in [7, 11) is 0. The van der Waals surface area contributed by atoms with Gasteiger partial charge in [-0.1, -0.05) is 5.16 Å². The van der Waals surface area contributed by atoms with Crippen molar-refractivity contribution < 1.29 is 14.4 Å². The molecular formula is C19H29N5O3. The number of aliphatic hydroxyl groups excluding tert-OH is 1. The second kappa shape index (κ2) is 8.67. The van der Waals surface area contributed by atoms with Gasteiger partial charge < -0.3 is 24.6 Å². The van der Waals surface area contributed by atoms with Gasteiger partial charge in [-0.15, -0.1) is 0 Å². The van der Waals surface area contributed by atoms with E-state index in [4.69, 9.17) is 9.26 Å². The maximum absolute atomic E-state index is 9.61. The number of nitrogens with one attached hydrogen (secondary N) is 1. The van der Waals surface area contributed by atoms with E-state index < -0.39 is 0 Å². The summed E-state index contributed by atoms with van der Waals surface area (Å²) < 4.78 is 11.0. The molecule has 2 aromatic heterocycles. The van der Waals surface area contributed by atoms with Crippen molar-refractivity contribution in [2.24, 2.45) is 0 Å². The summed E-state index contributed by atoms with van der Waals surface area (Å²) in [5.74, 6) is 2.26. The van der Waals surface area contributed by atoms with Gasteiger partial charge in [0.2, 0.25) is 0 Å². The largest absolute Gasteiger partial charge is 0.394 e. The maximum atomic E-state index is 9.61. The Morgan fingerprint density at radius 1 is 1.30 bits per heavy atom. The summed E-state index contributed by atoms with van der Waals surface area (Å²) in [5, 5.41) is 16.9. The molecule has 0 spiro atoms. The molecule has 0 amide bonds. The van der Waals surface area contributed by atoms with Crippen molar-refractivity contribution >= 4 is 11.6 Å². The van der Waals surface area contributed by atoms with Crippen molar-refractivity contribution in [3.05, 3.63) is 29.9 Å². The van der Waals surface area contributed by atoms with Crippen LogP contribution >= 0.6 is 0 Å². The normalized spacial score (nSPS) is 17.9. The highest BCUT2D eigenvalue weighted by molar-refractivity contribution is 5.49. The minimum Gasteiger partial charge on any atom is -0.394 e. The molecule has 1 atom stereocenters. The number of hydrogen-bond donors (Lipinski definition) is 2. The molecule has 3 heterocycles. The van der Waals surface area contributed by atoms with Gasteiger partial charge in [0, 0.05) is 18.7 Å². The predicted molar refractivity (Wildman–Crippen MR) is 102 cm³/mol. The molecule has 148 valence electrons. The minimum atomic E-state index is -0.219. The van der Waals surface area contributed by atoms with E-state index in [1.165, 1.54) is 0 Å². The SMILES string of the molecule is CC(C)(C)OCc1cc(CNc2cc(N3CCCCC3CO)ncn2)no1. The van der Waals surface area contributed by atoms with Crippen molar-refractivity contribution in [1.82, 2.24) is 15.1 Å². The zero-order valence-electron chi connectivity index (χ0n) is 16.3. The molecule has 1 fully saturated rings. The Labute approximate surface area is 159 Å². The van der Waals surface area contributed by atoms with Crippen LogP contribution in [0.15, 0.2) is 23.0 Å². The molecular weight excluding hydrogens is 346 g/mol. The van der Waals surface area contributed by atoms with E-state index in [0.717, 1.165) is 43.1 Å². The van der Waals surface area contributed by atoms with Crippen molar-refractivity contribution in [1.29, 1.82) is 0 Å². The monoisotopic (exact) mass is 375 g/mol. The summed E-state index contributed by atoms with van der Waals surface area (Å²) in [4.78, 5) is 10.8. The lowest BCUT2D eigenvalue weighted by Gasteiger charge is -2.35. The van der Waals surface area contributed by atoms with Crippen LogP contribution in [0.3, 0.4) is 0 Å². The molecule has 8 nitrogen and oxygen atoms in total. The van der Waals surface area contributed by atoms with Gasteiger partial charge in [0.15, 0.2) is 5.76 Å². The lowest BCUT2D eigenvalue weighted by Crippen LogP contribution is -2.42. The average molecular weight is 375 g/mol. The molecule has 1 saturated heterocycles. The van der Waals surface area contributed by atoms with Crippen LogP contribution in [0.5, 0.6) is 0 Å². The Bertz CT molecular complexity index is 728. The van der Waals surface area contributed by atoms with E-state index in [9.17, 15) is 5.11 Å². The number of anilines is 2. The standard InChI is InChI=1S/C19H29N5O3/c1-19(2,3)26-12-16-8-14(23-27-16)10-20-17-9-18(22-13-21-17)24-7-5-4-6-15(24)11-25/h8-9,13,15,25H,4-7,10-12H2,1-3H3,(H,20,21,22). The van der Waals surface area contributed by atoms with Crippen LogP contribution in [0.25, 0.3) is 0 Å². The third-order valence-corrected chi connectivity index (χ3v) is 4.49. The number of ether oxygens (including phenoxy) is 1. The number of aromatic nitrogens is 3. The molecule has 1 aliphatic rings. The van der Waals surface area contributed by atoms with Gasteiger partial charge in [0.1, 0.15) is 30.3 Å². The summed E-state index contributed by atoms with van der Waals surface area (Å²) in [6.07, 6.45) is 4.79. The number of rotatable bonds is 7. The Balaban J connectivity index is 1.58. The summed E-state index contributed by atoms with van der Waals surface area (Å²) in [6.45, 7) is 7.95. The average Bonchev–Trinajstić information content (AvgIpc) is 3.12. The van der Waals surface area contributed by atoms with Crippen molar-refractivity contribution in [3.8, 4) is 0 Å². The van der Waals surface area contributed by atoms with Crippen LogP contribution in [0.1, 0.15) is 51.5 Å². The third-order valence-electron chi connectivity index (χ3n) is 4.49. The summed E-state index contributed by atoms with van der Waals surface area (Å²) >= 11 is 0. The van der Waals surface area contributed by atoms with Crippen LogP contribution < -0.4 is 10.2 Å². The first-order valence-electron chi connectivity index (χ1n) is 9.46. The molecule has 0 radical (unpaired) electrons. The molecule has 8 heteroatoms. The fraction of sp³-hybridized carbons (Fsp3) is 0.632. The van der Waals surface area contributed by atoms with Crippen molar-refractivity contribution in [2.45, 2.75) is 64.8 Å². The number of piperidine rings is 1. The molecule has 0 aliphatic carbocycles. The van der Waals surface area contributed by atoms with Crippen LogP contribution in [-0.2, 0) is 17.9 Å². The van der Waals surface area contributed by atoms with Gasteiger partial charge in [-0.3, -0.25) is 0 Å². The highest BCUT2D eigenvalue weighted by Gasteiger charge is 2.23. The van der Waals surface area contributed by atoms with Gasteiger partial charge in [0.25, 0.3) is 0 Å². The highest BCUT2D eigenvalue weighted by Crippen LogP contribution is 2.24. The van der Waals surface area contributed by atoms with Gasteiger partial charge >= 0.3 is 0 Å². The highest BCUT2D eigenvalue weighted by atomic mass is 16.5. The fourth-order valence-corrected chi connectivity index (χ4v) is 3.07. The van der Waals surface area contributed by atoms with Gasteiger partial charge in [-0.2, -0.15) is 0 Å².